The molecule has 0 saturated carbocycles. The number of alkyl halides is 3. The molecule has 1 saturated heterocycles. The SMILES string of the molecule is CN(C#N)Cc1ccc(C(=O)Nc2ccc(Cl)cc2N2CCN(CCC(F)(F)F)CC2)c(F)c1. The van der Waals surface area contributed by atoms with Crippen LogP contribution in [0, 0.1) is 17.3 Å². The maximum Gasteiger partial charge on any atom is 0.390 e. The topological polar surface area (TPSA) is 62.6 Å². The Morgan fingerprint density at radius 2 is 1.88 bits per heavy atom. The summed E-state index contributed by atoms with van der Waals surface area (Å²) in [5, 5.41) is 12.0. The minimum absolute atomic E-state index is 0.0596. The Bertz CT molecular complexity index is 1060. The minimum atomic E-state index is -4.19. The number of amides is 1. The zero-order valence-corrected chi connectivity index (χ0v) is 19.3. The number of carbonyl (C=O) groups excluding carboxylic acids is 1. The molecule has 0 unspecified atom stereocenters. The molecule has 2 aromatic carbocycles. The predicted molar refractivity (Wildman–Crippen MR) is 122 cm³/mol. The standard InChI is InChI=1S/C23H24ClF4N5O/c1-31(15-29)14-16-2-4-18(19(25)12-16)22(34)30-20-5-3-17(24)13-21(20)33-10-8-32(9-11-33)7-6-23(26,27)28/h2-5,12-13H,6-11,14H2,1H3,(H,30,34). The van der Waals surface area contributed by atoms with Gasteiger partial charge in [0.15, 0.2) is 6.19 Å². The number of rotatable bonds is 7. The molecule has 1 N–H and O–H groups in total. The molecular formula is C23H24ClF4N5O. The Morgan fingerprint density at radius 1 is 1.18 bits per heavy atom. The van der Waals surface area contributed by atoms with Gasteiger partial charge in [0.25, 0.3) is 5.91 Å². The van der Waals surface area contributed by atoms with Gasteiger partial charge < -0.3 is 15.1 Å². The number of benzene rings is 2. The van der Waals surface area contributed by atoms with Crippen molar-refractivity contribution in [2.75, 3.05) is 50.0 Å². The Balaban J connectivity index is 1.70. The number of nitriles is 1. The van der Waals surface area contributed by atoms with E-state index >= 15 is 0 Å². The summed E-state index contributed by atoms with van der Waals surface area (Å²) in [7, 11) is 1.57. The van der Waals surface area contributed by atoms with Crippen molar-refractivity contribution < 1.29 is 22.4 Å². The Kier molecular flexibility index (Phi) is 8.23. The third-order valence-corrected chi connectivity index (χ3v) is 5.74. The summed E-state index contributed by atoms with van der Waals surface area (Å²) in [4.78, 5) is 17.8. The lowest BCUT2D eigenvalue weighted by Gasteiger charge is -2.37. The van der Waals surface area contributed by atoms with Crippen LogP contribution in [0.25, 0.3) is 0 Å². The fourth-order valence-electron chi connectivity index (χ4n) is 3.71. The van der Waals surface area contributed by atoms with Crippen molar-refractivity contribution in [3.05, 3.63) is 58.4 Å². The first-order valence-electron chi connectivity index (χ1n) is 10.6. The Hall–Kier alpha value is -3.03. The van der Waals surface area contributed by atoms with Crippen LogP contribution in [0.4, 0.5) is 28.9 Å². The monoisotopic (exact) mass is 497 g/mol. The molecule has 0 bridgehead atoms. The van der Waals surface area contributed by atoms with Gasteiger partial charge in [-0.1, -0.05) is 17.7 Å². The molecule has 0 atom stereocenters. The fourth-order valence-corrected chi connectivity index (χ4v) is 3.88. The van der Waals surface area contributed by atoms with Crippen LogP contribution in [0.1, 0.15) is 22.3 Å². The van der Waals surface area contributed by atoms with Gasteiger partial charge in [0.1, 0.15) is 5.82 Å². The van der Waals surface area contributed by atoms with Crippen molar-refractivity contribution >= 4 is 28.9 Å². The maximum atomic E-state index is 14.6. The van der Waals surface area contributed by atoms with Gasteiger partial charge in [0, 0.05) is 44.8 Å². The molecule has 182 valence electrons. The molecule has 1 amide bonds. The highest BCUT2D eigenvalue weighted by Crippen LogP contribution is 2.31. The lowest BCUT2D eigenvalue weighted by atomic mass is 10.1. The second-order valence-corrected chi connectivity index (χ2v) is 8.52. The predicted octanol–water partition coefficient (Wildman–Crippen LogP) is 4.72. The molecule has 34 heavy (non-hydrogen) atoms. The second kappa shape index (κ2) is 10.9. The first kappa shape index (κ1) is 25.6. The van der Waals surface area contributed by atoms with Gasteiger partial charge in [-0.3, -0.25) is 9.69 Å². The number of piperazine rings is 1. The van der Waals surface area contributed by atoms with Gasteiger partial charge in [-0.15, -0.1) is 0 Å². The third-order valence-electron chi connectivity index (χ3n) is 5.50. The van der Waals surface area contributed by atoms with Gasteiger partial charge in [0.2, 0.25) is 0 Å². The summed E-state index contributed by atoms with van der Waals surface area (Å²) < 4.78 is 52.1. The Labute approximate surface area is 200 Å². The molecule has 1 fully saturated rings. The molecule has 2 aromatic rings. The van der Waals surface area contributed by atoms with E-state index < -0.39 is 24.3 Å². The van der Waals surface area contributed by atoms with Crippen molar-refractivity contribution in [1.82, 2.24) is 9.80 Å². The van der Waals surface area contributed by atoms with Crippen molar-refractivity contribution in [2.24, 2.45) is 0 Å². The molecule has 1 aliphatic rings. The van der Waals surface area contributed by atoms with Gasteiger partial charge in [-0.05, 0) is 35.9 Å². The first-order chi connectivity index (χ1) is 16.1. The molecule has 0 radical (unpaired) electrons. The highest BCUT2D eigenvalue weighted by Gasteiger charge is 2.29. The third kappa shape index (κ3) is 6.98. The zero-order valence-electron chi connectivity index (χ0n) is 18.5. The average molecular weight is 498 g/mol. The van der Waals surface area contributed by atoms with Crippen LogP contribution in [0.2, 0.25) is 5.02 Å². The van der Waals surface area contributed by atoms with Crippen LogP contribution in [0.15, 0.2) is 36.4 Å². The molecular weight excluding hydrogens is 474 g/mol. The highest BCUT2D eigenvalue weighted by atomic mass is 35.5. The van der Waals surface area contributed by atoms with E-state index in [0.29, 0.717) is 48.1 Å². The fraction of sp³-hybridized carbons (Fsp3) is 0.391. The van der Waals surface area contributed by atoms with E-state index in [1.807, 2.05) is 11.1 Å². The van der Waals surface area contributed by atoms with Crippen molar-refractivity contribution in [3.63, 3.8) is 0 Å². The molecule has 0 aromatic heterocycles. The van der Waals surface area contributed by atoms with E-state index in [0.717, 1.165) is 0 Å². The summed E-state index contributed by atoms with van der Waals surface area (Å²) in [6.07, 6.45) is -3.13. The average Bonchev–Trinajstić information content (AvgIpc) is 2.78. The zero-order chi connectivity index (χ0) is 24.9. The smallest absolute Gasteiger partial charge is 0.367 e. The quantitative estimate of drug-likeness (QED) is 0.341. The van der Waals surface area contributed by atoms with Crippen molar-refractivity contribution in [2.45, 2.75) is 19.1 Å². The highest BCUT2D eigenvalue weighted by molar-refractivity contribution is 6.31. The van der Waals surface area contributed by atoms with Crippen LogP contribution in [0.3, 0.4) is 0 Å². The lowest BCUT2D eigenvalue weighted by Crippen LogP contribution is -2.47. The maximum absolute atomic E-state index is 14.6. The molecule has 1 aliphatic heterocycles. The first-order valence-corrected chi connectivity index (χ1v) is 11.0. The summed E-state index contributed by atoms with van der Waals surface area (Å²) in [5.74, 6) is -1.36. The number of halogens is 5. The van der Waals surface area contributed by atoms with Crippen LogP contribution >= 0.6 is 11.6 Å². The number of nitrogens with zero attached hydrogens (tertiary/aromatic N) is 4. The van der Waals surface area contributed by atoms with E-state index in [-0.39, 0.29) is 18.7 Å². The summed E-state index contributed by atoms with van der Waals surface area (Å²) in [6.45, 7) is 1.93. The van der Waals surface area contributed by atoms with Crippen LogP contribution in [-0.2, 0) is 6.54 Å². The van der Waals surface area contributed by atoms with Crippen LogP contribution in [0.5, 0.6) is 0 Å². The van der Waals surface area contributed by atoms with Crippen LogP contribution in [-0.4, -0.2) is 61.7 Å². The Morgan fingerprint density at radius 3 is 2.50 bits per heavy atom. The summed E-state index contributed by atoms with van der Waals surface area (Å²) in [6, 6.07) is 9.03. The number of hydrogen-bond donors (Lipinski definition) is 1. The number of nitrogens with one attached hydrogen (secondary N) is 1. The van der Waals surface area contributed by atoms with E-state index in [1.54, 1.807) is 36.2 Å². The number of hydrogen-bond acceptors (Lipinski definition) is 5. The van der Waals surface area contributed by atoms with Gasteiger partial charge in [-0.25, -0.2) is 4.39 Å². The molecule has 11 heteroatoms. The minimum Gasteiger partial charge on any atom is -0.367 e. The van der Waals surface area contributed by atoms with Crippen LogP contribution < -0.4 is 10.2 Å². The normalized spacial score (nSPS) is 14.6. The summed E-state index contributed by atoms with van der Waals surface area (Å²) >= 11 is 6.15. The van der Waals surface area contributed by atoms with Gasteiger partial charge >= 0.3 is 6.18 Å². The van der Waals surface area contributed by atoms with E-state index in [4.69, 9.17) is 16.9 Å². The largest absolute Gasteiger partial charge is 0.390 e. The number of anilines is 2. The molecule has 0 aliphatic carbocycles. The second-order valence-electron chi connectivity index (χ2n) is 8.08. The molecule has 6 nitrogen and oxygen atoms in total. The summed E-state index contributed by atoms with van der Waals surface area (Å²) in [5.41, 5.74) is 1.43. The molecule has 0 spiro atoms. The van der Waals surface area contributed by atoms with E-state index in [1.165, 1.54) is 17.0 Å². The van der Waals surface area contributed by atoms with E-state index in [9.17, 15) is 22.4 Å². The molecule has 3 rings (SSSR count). The van der Waals surface area contributed by atoms with Gasteiger partial charge in [-0.2, -0.15) is 18.4 Å². The molecule has 1 heterocycles. The number of carbonyl (C=O) groups is 1. The van der Waals surface area contributed by atoms with Crippen molar-refractivity contribution in [3.8, 4) is 6.19 Å². The van der Waals surface area contributed by atoms with Gasteiger partial charge in [0.05, 0.1) is 29.9 Å². The lowest BCUT2D eigenvalue weighted by molar-refractivity contribution is -0.138. The van der Waals surface area contributed by atoms with Crippen molar-refractivity contribution in [1.29, 1.82) is 5.26 Å². The van der Waals surface area contributed by atoms with E-state index in [2.05, 4.69) is 5.32 Å².